The molecule has 18 heavy (non-hydrogen) atoms. The van der Waals surface area contributed by atoms with E-state index < -0.39 is 26.6 Å². The van der Waals surface area contributed by atoms with Gasteiger partial charge in [0, 0.05) is 18.0 Å². The van der Waals surface area contributed by atoms with Crippen LogP contribution in [0.4, 0.5) is 8.78 Å². The Hall–Kier alpha value is -0.720. The standard InChI is InChI=1S/C11H12ClF2NO2S/c12-8-3-7(4-8)6-15-18(16,17)11-2-1-9(13)5-10(11)14/h1-2,5,7-8,15H,3-4,6H2. The van der Waals surface area contributed by atoms with Crippen LogP contribution in [0.15, 0.2) is 23.1 Å². The van der Waals surface area contributed by atoms with Gasteiger partial charge in [0.1, 0.15) is 16.5 Å². The van der Waals surface area contributed by atoms with Gasteiger partial charge < -0.3 is 0 Å². The SMILES string of the molecule is O=S(=O)(NCC1CC(Cl)C1)c1ccc(F)cc1F. The molecule has 1 saturated carbocycles. The van der Waals surface area contributed by atoms with Crippen LogP contribution in [-0.4, -0.2) is 20.3 Å². The second kappa shape index (κ2) is 5.11. The van der Waals surface area contributed by atoms with Crippen molar-refractivity contribution in [3.8, 4) is 0 Å². The molecule has 1 fully saturated rings. The van der Waals surface area contributed by atoms with Crippen molar-refractivity contribution in [3.63, 3.8) is 0 Å². The van der Waals surface area contributed by atoms with Gasteiger partial charge in [0.05, 0.1) is 0 Å². The number of sulfonamides is 1. The minimum Gasteiger partial charge on any atom is -0.211 e. The number of hydrogen-bond acceptors (Lipinski definition) is 2. The number of rotatable bonds is 4. The Bertz CT molecular complexity index is 544. The van der Waals surface area contributed by atoms with Gasteiger partial charge in [-0.3, -0.25) is 0 Å². The van der Waals surface area contributed by atoms with Crippen molar-refractivity contribution < 1.29 is 17.2 Å². The quantitative estimate of drug-likeness (QED) is 0.866. The summed E-state index contributed by atoms with van der Waals surface area (Å²) in [6.07, 6.45) is 1.49. The summed E-state index contributed by atoms with van der Waals surface area (Å²) in [5.74, 6) is -1.72. The Labute approximate surface area is 109 Å². The van der Waals surface area contributed by atoms with Gasteiger partial charge in [-0.1, -0.05) is 0 Å². The highest BCUT2D eigenvalue weighted by atomic mass is 35.5. The molecule has 2 rings (SSSR count). The third-order valence-corrected chi connectivity index (χ3v) is 4.74. The summed E-state index contributed by atoms with van der Waals surface area (Å²) >= 11 is 5.77. The Balaban J connectivity index is 2.06. The van der Waals surface area contributed by atoms with Crippen LogP contribution in [-0.2, 0) is 10.0 Å². The van der Waals surface area contributed by atoms with E-state index in [0.29, 0.717) is 6.07 Å². The molecule has 0 unspecified atom stereocenters. The zero-order chi connectivity index (χ0) is 13.3. The number of hydrogen-bond donors (Lipinski definition) is 1. The predicted molar refractivity (Wildman–Crippen MR) is 63.9 cm³/mol. The lowest BCUT2D eigenvalue weighted by atomic mass is 9.85. The first-order valence-electron chi connectivity index (χ1n) is 5.47. The van der Waals surface area contributed by atoms with Crippen molar-refractivity contribution >= 4 is 21.6 Å². The van der Waals surface area contributed by atoms with Gasteiger partial charge in [-0.15, -0.1) is 11.6 Å². The van der Waals surface area contributed by atoms with E-state index in [1.54, 1.807) is 0 Å². The van der Waals surface area contributed by atoms with Crippen LogP contribution < -0.4 is 4.72 Å². The van der Waals surface area contributed by atoms with Crippen LogP contribution >= 0.6 is 11.6 Å². The second-order valence-corrected chi connectivity index (χ2v) is 6.71. The van der Waals surface area contributed by atoms with Crippen LogP contribution in [0.25, 0.3) is 0 Å². The third kappa shape index (κ3) is 2.99. The van der Waals surface area contributed by atoms with Gasteiger partial charge in [0.15, 0.2) is 0 Å². The van der Waals surface area contributed by atoms with Gasteiger partial charge in [-0.25, -0.2) is 21.9 Å². The van der Waals surface area contributed by atoms with E-state index in [-0.39, 0.29) is 17.8 Å². The van der Waals surface area contributed by atoms with E-state index in [1.165, 1.54) is 0 Å². The summed E-state index contributed by atoms with van der Waals surface area (Å²) in [7, 11) is -3.93. The molecule has 3 nitrogen and oxygen atoms in total. The topological polar surface area (TPSA) is 46.2 Å². The van der Waals surface area contributed by atoms with Gasteiger partial charge >= 0.3 is 0 Å². The van der Waals surface area contributed by atoms with Crippen molar-refractivity contribution in [1.29, 1.82) is 0 Å². The normalized spacial score (nSPS) is 23.7. The molecule has 1 aromatic carbocycles. The molecule has 0 aliphatic heterocycles. The lowest BCUT2D eigenvalue weighted by molar-refractivity contribution is 0.323. The fraction of sp³-hybridized carbons (Fsp3) is 0.455. The second-order valence-electron chi connectivity index (χ2n) is 4.36. The molecule has 7 heteroatoms. The zero-order valence-corrected chi connectivity index (χ0v) is 10.9. The number of benzene rings is 1. The number of alkyl halides is 1. The van der Waals surface area contributed by atoms with E-state index in [4.69, 9.17) is 11.6 Å². The minimum absolute atomic E-state index is 0.0991. The molecule has 1 aliphatic rings. The number of halogens is 3. The molecule has 0 spiro atoms. The highest BCUT2D eigenvalue weighted by molar-refractivity contribution is 7.89. The summed E-state index contributed by atoms with van der Waals surface area (Å²) in [6, 6.07) is 2.38. The molecule has 0 heterocycles. The maximum absolute atomic E-state index is 13.3. The Morgan fingerprint density at radius 2 is 2.00 bits per heavy atom. The maximum atomic E-state index is 13.3. The molecule has 1 aromatic rings. The highest BCUT2D eigenvalue weighted by Gasteiger charge is 2.29. The molecule has 100 valence electrons. The molecule has 0 aromatic heterocycles. The van der Waals surface area contributed by atoms with Crippen LogP contribution in [0.3, 0.4) is 0 Å². The van der Waals surface area contributed by atoms with Crippen molar-refractivity contribution in [2.75, 3.05) is 6.54 Å². The molecule has 0 bridgehead atoms. The van der Waals surface area contributed by atoms with E-state index >= 15 is 0 Å². The van der Waals surface area contributed by atoms with E-state index in [9.17, 15) is 17.2 Å². The predicted octanol–water partition coefficient (Wildman–Crippen LogP) is 2.26. The summed E-state index contributed by atoms with van der Waals surface area (Å²) in [5.41, 5.74) is 0. The summed E-state index contributed by atoms with van der Waals surface area (Å²) in [4.78, 5) is -0.536. The van der Waals surface area contributed by atoms with Crippen molar-refractivity contribution in [2.24, 2.45) is 5.92 Å². The minimum atomic E-state index is -3.93. The van der Waals surface area contributed by atoms with Crippen LogP contribution in [0.5, 0.6) is 0 Å². The largest absolute Gasteiger partial charge is 0.243 e. The fourth-order valence-electron chi connectivity index (χ4n) is 1.82. The Kier molecular flexibility index (Phi) is 3.89. The van der Waals surface area contributed by atoms with Crippen molar-refractivity contribution in [1.82, 2.24) is 4.72 Å². The molecule has 0 radical (unpaired) electrons. The van der Waals surface area contributed by atoms with E-state index in [1.807, 2.05) is 0 Å². The summed E-state index contributed by atoms with van der Waals surface area (Å²) < 4.78 is 51.9. The van der Waals surface area contributed by atoms with E-state index in [2.05, 4.69) is 4.72 Å². The molecule has 0 atom stereocenters. The first kappa shape index (κ1) is 13.7. The third-order valence-electron chi connectivity index (χ3n) is 2.92. The lowest BCUT2D eigenvalue weighted by Crippen LogP contribution is -2.36. The number of nitrogens with one attached hydrogen (secondary N) is 1. The van der Waals surface area contributed by atoms with Crippen molar-refractivity contribution in [3.05, 3.63) is 29.8 Å². The van der Waals surface area contributed by atoms with Gasteiger partial charge in [-0.2, -0.15) is 0 Å². The summed E-state index contributed by atoms with van der Waals surface area (Å²) in [5, 5.41) is 0.0991. The highest BCUT2D eigenvalue weighted by Crippen LogP contribution is 2.31. The maximum Gasteiger partial charge on any atom is 0.243 e. The fourth-order valence-corrected chi connectivity index (χ4v) is 3.50. The van der Waals surface area contributed by atoms with Crippen LogP contribution in [0.1, 0.15) is 12.8 Å². The molecule has 0 saturated heterocycles. The zero-order valence-electron chi connectivity index (χ0n) is 9.37. The van der Waals surface area contributed by atoms with Crippen molar-refractivity contribution in [2.45, 2.75) is 23.1 Å². The summed E-state index contributed by atoms with van der Waals surface area (Å²) in [6.45, 7) is 0.225. The lowest BCUT2D eigenvalue weighted by Gasteiger charge is -2.30. The monoisotopic (exact) mass is 295 g/mol. The Morgan fingerprint density at radius 3 is 2.56 bits per heavy atom. The van der Waals surface area contributed by atoms with E-state index in [0.717, 1.165) is 25.0 Å². The molecular weight excluding hydrogens is 284 g/mol. The smallest absolute Gasteiger partial charge is 0.211 e. The van der Waals surface area contributed by atoms with Crippen LogP contribution in [0, 0.1) is 17.6 Å². The van der Waals surface area contributed by atoms with Gasteiger partial charge in [0.2, 0.25) is 10.0 Å². The molecule has 1 N–H and O–H groups in total. The van der Waals surface area contributed by atoms with Gasteiger partial charge in [-0.05, 0) is 30.9 Å². The van der Waals surface area contributed by atoms with Gasteiger partial charge in [0.25, 0.3) is 0 Å². The molecular formula is C11H12ClF2NO2S. The average molecular weight is 296 g/mol. The first-order valence-corrected chi connectivity index (χ1v) is 7.39. The molecule has 0 amide bonds. The molecule has 1 aliphatic carbocycles. The first-order chi connectivity index (χ1) is 8.38. The average Bonchev–Trinajstić information content (AvgIpc) is 2.22. The Morgan fingerprint density at radius 1 is 1.33 bits per heavy atom. The van der Waals surface area contributed by atoms with Crippen LogP contribution in [0.2, 0.25) is 0 Å².